The molecule has 6 nitrogen and oxygen atoms in total. The van der Waals surface area contributed by atoms with Crippen LogP contribution in [0.5, 0.6) is 0 Å². The van der Waals surface area contributed by atoms with E-state index in [9.17, 15) is 22.4 Å². The highest BCUT2D eigenvalue weighted by Crippen LogP contribution is 2.37. The summed E-state index contributed by atoms with van der Waals surface area (Å²) in [7, 11) is 0. The van der Waals surface area contributed by atoms with Crippen LogP contribution in [-0.2, 0) is 18.3 Å². The quantitative estimate of drug-likeness (QED) is 0.726. The van der Waals surface area contributed by atoms with Gasteiger partial charge in [-0.1, -0.05) is 0 Å². The van der Waals surface area contributed by atoms with E-state index < -0.39 is 29.3 Å². The maximum absolute atomic E-state index is 15.3. The van der Waals surface area contributed by atoms with E-state index in [2.05, 4.69) is 15.3 Å². The van der Waals surface area contributed by atoms with Crippen molar-refractivity contribution in [1.82, 2.24) is 14.9 Å². The van der Waals surface area contributed by atoms with E-state index in [0.29, 0.717) is 11.8 Å². The number of aromatic nitrogens is 2. The van der Waals surface area contributed by atoms with Gasteiger partial charge in [-0.05, 0) is 30.2 Å². The van der Waals surface area contributed by atoms with Crippen LogP contribution in [0.2, 0.25) is 0 Å². The Balaban J connectivity index is 1.61. The summed E-state index contributed by atoms with van der Waals surface area (Å²) in [5, 5.41) is 11.3. The number of carbonyl (C=O) groups is 1. The molecule has 1 aliphatic heterocycles. The molecule has 3 heterocycles. The van der Waals surface area contributed by atoms with E-state index >= 15 is 4.39 Å². The molecule has 0 spiro atoms. The topological polar surface area (TPSA) is 78.4 Å². The number of pyridine rings is 2. The maximum atomic E-state index is 15.3. The number of urea groups is 1. The number of rotatable bonds is 4. The van der Waals surface area contributed by atoms with Crippen LogP contribution in [0.4, 0.5) is 32.6 Å². The number of likely N-dealkylation sites (tertiary alicyclic amines) is 1. The largest absolute Gasteiger partial charge is 0.417 e. The van der Waals surface area contributed by atoms with Crippen LogP contribution in [0.3, 0.4) is 0 Å². The lowest BCUT2D eigenvalue weighted by Crippen LogP contribution is -2.45. The Morgan fingerprint density at radius 1 is 1.20 bits per heavy atom. The molecule has 0 unspecified atom stereocenters. The Morgan fingerprint density at radius 2 is 1.90 bits per heavy atom. The molecule has 0 bridgehead atoms. The van der Waals surface area contributed by atoms with Crippen molar-refractivity contribution in [3.63, 3.8) is 0 Å². The van der Waals surface area contributed by atoms with Crippen LogP contribution < -0.4 is 5.32 Å². The van der Waals surface area contributed by atoms with Crippen molar-refractivity contribution in [1.29, 1.82) is 0 Å². The van der Waals surface area contributed by atoms with E-state index in [0.717, 1.165) is 18.2 Å². The van der Waals surface area contributed by atoms with Gasteiger partial charge in [0.15, 0.2) is 5.67 Å². The molecule has 0 radical (unpaired) electrons. The molecule has 2 aromatic heterocycles. The lowest BCUT2D eigenvalue weighted by atomic mass is 9.89. The predicted octanol–water partition coefficient (Wildman–Crippen LogP) is 3.66. The number of amides is 2. The summed E-state index contributed by atoms with van der Waals surface area (Å²) in [6.07, 6.45) is -2.80. The standard InChI is InChI=1S/C19H19F5N4O2/c20-14-9-12(3-8-29)10-26-16(14)18(21)4-6-28(7-5-18)17(30)27-15-2-1-13(11-25-15)19(22,23)24/h1-2,9-11,29H,3-8H2,(H,25,27,30). The Labute approximate surface area is 168 Å². The highest BCUT2D eigenvalue weighted by atomic mass is 19.4. The number of carbonyl (C=O) groups excluding carboxylic acids is 1. The van der Waals surface area contributed by atoms with Gasteiger partial charge in [0.25, 0.3) is 0 Å². The molecule has 0 aromatic carbocycles. The van der Waals surface area contributed by atoms with E-state index in [4.69, 9.17) is 5.11 Å². The Hall–Kier alpha value is -2.82. The monoisotopic (exact) mass is 430 g/mol. The number of aliphatic hydroxyl groups is 1. The average Bonchev–Trinajstić information content (AvgIpc) is 2.68. The number of aliphatic hydroxyl groups excluding tert-OH is 1. The van der Waals surface area contributed by atoms with E-state index in [1.165, 1.54) is 11.1 Å². The van der Waals surface area contributed by atoms with Gasteiger partial charge in [-0.25, -0.2) is 18.6 Å². The summed E-state index contributed by atoms with van der Waals surface area (Å²) in [6.45, 7) is -0.260. The van der Waals surface area contributed by atoms with Gasteiger partial charge in [0.05, 0.1) is 5.56 Å². The first-order valence-electron chi connectivity index (χ1n) is 9.16. The molecule has 2 aromatic rings. The van der Waals surface area contributed by atoms with Crippen LogP contribution in [-0.4, -0.2) is 45.7 Å². The molecular weight excluding hydrogens is 411 g/mol. The van der Waals surface area contributed by atoms with Gasteiger partial charge in [0, 0.05) is 44.9 Å². The van der Waals surface area contributed by atoms with Crippen LogP contribution in [0.15, 0.2) is 30.6 Å². The smallest absolute Gasteiger partial charge is 0.396 e. The SMILES string of the molecule is O=C(Nc1ccc(C(F)(F)F)cn1)N1CCC(F)(c2ncc(CCO)cc2F)CC1. The summed E-state index contributed by atoms with van der Waals surface area (Å²) in [6, 6.07) is 2.31. The normalized spacial score (nSPS) is 16.4. The number of hydrogen-bond acceptors (Lipinski definition) is 4. The first-order chi connectivity index (χ1) is 14.1. The summed E-state index contributed by atoms with van der Waals surface area (Å²) >= 11 is 0. The number of hydrogen-bond donors (Lipinski definition) is 2. The van der Waals surface area contributed by atoms with E-state index in [1.54, 1.807) is 0 Å². The summed E-state index contributed by atoms with van der Waals surface area (Å²) in [4.78, 5) is 21.0. The predicted molar refractivity (Wildman–Crippen MR) is 96.8 cm³/mol. The van der Waals surface area contributed by atoms with Crippen molar-refractivity contribution in [3.05, 3.63) is 53.2 Å². The molecule has 30 heavy (non-hydrogen) atoms. The molecule has 1 saturated heterocycles. The number of piperidine rings is 1. The highest BCUT2D eigenvalue weighted by Gasteiger charge is 2.41. The fourth-order valence-corrected chi connectivity index (χ4v) is 3.20. The molecule has 1 aliphatic rings. The van der Waals surface area contributed by atoms with E-state index in [-0.39, 0.29) is 50.5 Å². The third-order valence-electron chi connectivity index (χ3n) is 4.89. The molecule has 162 valence electrons. The molecule has 0 atom stereocenters. The van der Waals surface area contributed by atoms with Gasteiger partial charge < -0.3 is 10.0 Å². The zero-order valence-electron chi connectivity index (χ0n) is 15.7. The summed E-state index contributed by atoms with van der Waals surface area (Å²) in [5.41, 5.74) is -2.89. The van der Waals surface area contributed by atoms with Crippen molar-refractivity contribution < 1.29 is 31.9 Å². The summed E-state index contributed by atoms with van der Waals surface area (Å²) < 4.78 is 67.3. The van der Waals surface area contributed by atoms with Gasteiger partial charge in [0.1, 0.15) is 17.3 Å². The van der Waals surface area contributed by atoms with Crippen LogP contribution in [0.1, 0.15) is 29.7 Å². The zero-order chi connectivity index (χ0) is 21.9. The van der Waals surface area contributed by atoms with Crippen molar-refractivity contribution >= 4 is 11.8 Å². The first-order valence-corrected chi connectivity index (χ1v) is 9.16. The number of nitrogens with one attached hydrogen (secondary N) is 1. The lowest BCUT2D eigenvalue weighted by molar-refractivity contribution is -0.137. The zero-order valence-corrected chi connectivity index (χ0v) is 15.7. The van der Waals surface area contributed by atoms with Crippen molar-refractivity contribution in [2.75, 3.05) is 25.0 Å². The van der Waals surface area contributed by atoms with Crippen molar-refractivity contribution in [3.8, 4) is 0 Å². The molecule has 11 heteroatoms. The third kappa shape index (κ3) is 4.84. The van der Waals surface area contributed by atoms with Crippen LogP contribution in [0, 0.1) is 5.82 Å². The molecule has 2 amide bonds. The van der Waals surface area contributed by atoms with E-state index in [1.807, 2.05) is 0 Å². The van der Waals surface area contributed by atoms with Gasteiger partial charge in [-0.3, -0.25) is 10.3 Å². The number of alkyl halides is 4. The third-order valence-corrected chi connectivity index (χ3v) is 4.89. The van der Waals surface area contributed by atoms with Crippen LogP contribution in [0.25, 0.3) is 0 Å². The van der Waals surface area contributed by atoms with Crippen molar-refractivity contribution in [2.45, 2.75) is 31.1 Å². The molecule has 0 aliphatic carbocycles. The van der Waals surface area contributed by atoms with Gasteiger partial charge in [0.2, 0.25) is 0 Å². The second kappa shape index (κ2) is 8.50. The Morgan fingerprint density at radius 3 is 2.43 bits per heavy atom. The minimum atomic E-state index is -4.54. The second-order valence-electron chi connectivity index (χ2n) is 6.96. The highest BCUT2D eigenvalue weighted by molar-refractivity contribution is 5.88. The minimum absolute atomic E-state index is 0.0392. The van der Waals surface area contributed by atoms with Crippen LogP contribution >= 0.6 is 0 Å². The number of nitrogens with zero attached hydrogens (tertiary/aromatic N) is 3. The number of anilines is 1. The molecule has 0 saturated carbocycles. The van der Waals surface area contributed by atoms with Crippen molar-refractivity contribution in [2.24, 2.45) is 0 Å². The fourth-order valence-electron chi connectivity index (χ4n) is 3.20. The van der Waals surface area contributed by atoms with Gasteiger partial charge in [-0.15, -0.1) is 0 Å². The molecule has 2 N–H and O–H groups in total. The van der Waals surface area contributed by atoms with Gasteiger partial charge >= 0.3 is 12.2 Å². The first kappa shape index (κ1) is 21.9. The average molecular weight is 430 g/mol. The number of halogens is 5. The lowest BCUT2D eigenvalue weighted by Gasteiger charge is -2.36. The molecule has 1 fully saturated rings. The van der Waals surface area contributed by atoms with Gasteiger partial charge in [-0.2, -0.15) is 13.2 Å². The molecular formula is C19H19F5N4O2. The second-order valence-corrected chi connectivity index (χ2v) is 6.96. The molecule has 3 rings (SSSR count). The maximum Gasteiger partial charge on any atom is 0.417 e. The minimum Gasteiger partial charge on any atom is -0.396 e. The fraction of sp³-hybridized carbons (Fsp3) is 0.421. The Bertz CT molecular complexity index is 897. The summed E-state index contributed by atoms with van der Waals surface area (Å²) in [5.74, 6) is -0.882. The Kier molecular flexibility index (Phi) is 6.20.